The van der Waals surface area contributed by atoms with Crippen LogP contribution in [0.5, 0.6) is 0 Å². The van der Waals surface area contributed by atoms with E-state index in [1.165, 1.54) is 11.3 Å². The van der Waals surface area contributed by atoms with Crippen LogP contribution in [-0.2, 0) is 11.2 Å². The van der Waals surface area contributed by atoms with E-state index >= 15 is 0 Å². The molecule has 1 saturated heterocycles. The van der Waals surface area contributed by atoms with E-state index in [1.54, 1.807) is 4.90 Å². The highest BCUT2D eigenvalue weighted by Gasteiger charge is 2.31. The second-order valence-electron chi connectivity index (χ2n) is 9.01. The molecule has 0 bridgehead atoms. The highest BCUT2D eigenvalue weighted by atomic mass is 35.5. The SMILES string of the molecule is CC(C)(C)OC(=O)N1CCC(Cc2nnc(C(N)=O)c3sc(-c4ccc(Cl)cc4)cc23)C1. The minimum absolute atomic E-state index is 0.177. The molecule has 0 saturated carbocycles. The van der Waals surface area contributed by atoms with Gasteiger partial charge in [0, 0.05) is 28.4 Å². The maximum absolute atomic E-state index is 12.4. The Hall–Kier alpha value is -2.71. The van der Waals surface area contributed by atoms with Crippen molar-refractivity contribution in [2.24, 2.45) is 11.7 Å². The largest absolute Gasteiger partial charge is 0.444 e. The maximum atomic E-state index is 12.4. The van der Waals surface area contributed by atoms with Crippen molar-refractivity contribution in [3.8, 4) is 10.4 Å². The van der Waals surface area contributed by atoms with E-state index in [0.29, 0.717) is 24.5 Å². The number of carbonyl (C=O) groups is 2. The van der Waals surface area contributed by atoms with Crippen LogP contribution in [0.1, 0.15) is 43.4 Å². The number of hydrogen-bond donors (Lipinski definition) is 1. The van der Waals surface area contributed by atoms with Gasteiger partial charge in [-0.15, -0.1) is 16.4 Å². The number of carbonyl (C=O) groups excluding carboxylic acids is 2. The van der Waals surface area contributed by atoms with Gasteiger partial charge in [-0.25, -0.2) is 4.79 Å². The highest BCUT2D eigenvalue weighted by Crippen LogP contribution is 2.37. The van der Waals surface area contributed by atoms with E-state index in [9.17, 15) is 9.59 Å². The van der Waals surface area contributed by atoms with Gasteiger partial charge in [-0.05, 0) is 63.3 Å². The zero-order chi connectivity index (χ0) is 23.0. The monoisotopic (exact) mass is 472 g/mol. The van der Waals surface area contributed by atoms with E-state index in [1.807, 2.05) is 51.1 Å². The average molecular weight is 473 g/mol. The maximum Gasteiger partial charge on any atom is 0.410 e. The molecule has 1 fully saturated rings. The van der Waals surface area contributed by atoms with Crippen molar-refractivity contribution in [3.05, 3.63) is 46.7 Å². The summed E-state index contributed by atoms with van der Waals surface area (Å²) in [4.78, 5) is 27.1. The Bertz CT molecular complexity index is 1170. The first-order valence-electron chi connectivity index (χ1n) is 10.4. The number of primary amides is 1. The van der Waals surface area contributed by atoms with Gasteiger partial charge < -0.3 is 15.4 Å². The molecule has 7 nitrogen and oxygen atoms in total. The quantitative estimate of drug-likeness (QED) is 0.581. The summed E-state index contributed by atoms with van der Waals surface area (Å²) < 4.78 is 6.22. The van der Waals surface area contributed by atoms with E-state index < -0.39 is 11.5 Å². The highest BCUT2D eigenvalue weighted by molar-refractivity contribution is 7.22. The summed E-state index contributed by atoms with van der Waals surface area (Å²) in [5, 5.41) is 10.0. The van der Waals surface area contributed by atoms with Crippen molar-refractivity contribution in [1.82, 2.24) is 15.1 Å². The van der Waals surface area contributed by atoms with E-state index in [0.717, 1.165) is 32.6 Å². The second kappa shape index (κ2) is 8.67. The fourth-order valence-electron chi connectivity index (χ4n) is 3.82. The van der Waals surface area contributed by atoms with E-state index in [4.69, 9.17) is 22.1 Å². The zero-order valence-corrected chi connectivity index (χ0v) is 19.8. The van der Waals surface area contributed by atoms with Crippen molar-refractivity contribution >= 4 is 45.0 Å². The lowest BCUT2D eigenvalue weighted by Gasteiger charge is -2.24. The number of fused-ring (bicyclic) bond motifs is 1. The topological polar surface area (TPSA) is 98.4 Å². The van der Waals surface area contributed by atoms with Crippen LogP contribution in [0.15, 0.2) is 30.3 Å². The standard InChI is InChI=1S/C23H25ClN4O3S/c1-23(2,3)31-22(30)28-9-8-13(12-28)10-17-16-11-18(14-4-6-15(24)7-5-14)32-20(16)19(21(25)29)27-26-17/h4-7,11,13H,8-10,12H2,1-3H3,(H2,25,29). The van der Waals surface area contributed by atoms with Gasteiger partial charge in [0.1, 0.15) is 5.60 Å². The zero-order valence-electron chi connectivity index (χ0n) is 18.2. The van der Waals surface area contributed by atoms with Crippen LogP contribution in [0.2, 0.25) is 5.02 Å². The van der Waals surface area contributed by atoms with Gasteiger partial charge in [-0.2, -0.15) is 5.10 Å². The van der Waals surface area contributed by atoms with Gasteiger partial charge in [0.25, 0.3) is 5.91 Å². The lowest BCUT2D eigenvalue weighted by Crippen LogP contribution is -2.35. The second-order valence-corrected chi connectivity index (χ2v) is 10.5. The molecule has 9 heteroatoms. The Labute approximate surface area is 195 Å². The summed E-state index contributed by atoms with van der Waals surface area (Å²) in [6.07, 6.45) is 1.22. The first-order chi connectivity index (χ1) is 15.1. The number of thiophene rings is 1. The lowest BCUT2D eigenvalue weighted by atomic mass is 10.00. The molecule has 0 spiro atoms. The first-order valence-corrected chi connectivity index (χ1v) is 11.6. The molecule has 4 rings (SSSR count). The van der Waals surface area contributed by atoms with Crippen LogP contribution < -0.4 is 5.73 Å². The number of likely N-dealkylation sites (tertiary alicyclic amines) is 1. The van der Waals surface area contributed by atoms with Crippen molar-refractivity contribution in [3.63, 3.8) is 0 Å². The third-order valence-electron chi connectivity index (χ3n) is 5.31. The van der Waals surface area contributed by atoms with Crippen molar-refractivity contribution < 1.29 is 14.3 Å². The molecule has 32 heavy (non-hydrogen) atoms. The summed E-state index contributed by atoms with van der Waals surface area (Å²) >= 11 is 7.48. The van der Waals surface area contributed by atoms with Gasteiger partial charge in [-0.3, -0.25) is 4.79 Å². The summed E-state index contributed by atoms with van der Waals surface area (Å²) in [5.41, 5.74) is 7.01. The number of halogens is 1. The van der Waals surface area contributed by atoms with E-state index in [-0.39, 0.29) is 17.7 Å². The summed E-state index contributed by atoms with van der Waals surface area (Å²) in [6.45, 7) is 6.83. The minimum atomic E-state index is -0.601. The molecule has 168 valence electrons. The number of nitrogens with zero attached hydrogens (tertiary/aromatic N) is 3. The van der Waals surface area contributed by atoms with Crippen molar-refractivity contribution in [2.75, 3.05) is 13.1 Å². The van der Waals surface area contributed by atoms with Crippen LogP contribution in [0.4, 0.5) is 4.79 Å². The number of ether oxygens (including phenoxy) is 1. The van der Waals surface area contributed by atoms with Crippen molar-refractivity contribution in [2.45, 2.75) is 39.2 Å². The minimum Gasteiger partial charge on any atom is -0.444 e. The molecule has 1 atom stereocenters. The molecule has 2 aromatic heterocycles. The number of rotatable bonds is 4. The van der Waals surface area contributed by atoms with Gasteiger partial charge in [0.15, 0.2) is 5.69 Å². The number of amides is 2. The lowest BCUT2D eigenvalue weighted by molar-refractivity contribution is 0.0288. The third kappa shape index (κ3) is 4.86. The number of aromatic nitrogens is 2. The Morgan fingerprint density at radius 1 is 1.25 bits per heavy atom. The molecule has 2 amide bonds. The fourth-order valence-corrected chi connectivity index (χ4v) is 5.13. The molecule has 1 aliphatic rings. The Kier molecular flexibility index (Phi) is 6.09. The Morgan fingerprint density at radius 3 is 2.62 bits per heavy atom. The molecule has 3 aromatic rings. The summed E-state index contributed by atoms with van der Waals surface area (Å²) in [6, 6.07) is 9.57. The fraction of sp³-hybridized carbons (Fsp3) is 0.391. The van der Waals surface area contributed by atoms with Crippen molar-refractivity contribution in [1.29, 1.82) is 0 Å². The third-order valence-corrected chi connectivity index (χ3v) is 6.75. The van der Waals surface area contributed by atoms with Gasteiger partial charge in [0.05, 0.1) is 10.4 Å². The van der Waals surface area contributed by atoms with Gasteiger partial charge >= 0.3 is 6.09 Å². The van der Waals surface area contributed by atoms with Gasteiger partial charge in [-0.1, -0.05) is 23.7 Å². The normalized spacial score (nSPS) is 16.5. The van der Waals surface area contributed by atoms with Crippen LogP contribution in [0.25, 0.3) is 20.5 Å². The molecule has 1 aromatic carbocycles. The Balaban J connectivity index is 1.60. The molecule has 0 aliphatic carbocycles. The van der Waals surface area contributed by atoms with E-state index in [2.05, 4.69) is 10.2 Å². The number of benzene rings is 1. The summed E-state index contributed by atoms with van der Waals surface area (Å²) in [7, 11) is 0. The molecular weight excluding hydrogens is 448 g/mol. The Morgan fingerprint density at radius 2 is 1.97 bits per heavy atom. The number of nitrogens with two attached hydrogens (primary N) is 1. The molecular formula is C23H25ClN4O3S. The summed E-state index contributed by atoms with van der Waals surface area (Å²) in [5.74, 6) is -0.367. The molecule has 2 N–H and O–H groups in total. The first kappa shape index (κ1) is 22.5. The predicted octanol–water partition coefficient (Wildman–Crippen LogP) is 4.91. The van der Waals surface area contributed by atoms with Crippen LogP contribution in [0, 0.1) is 5.92 Å². The molecule has 3 heterocycles. The molecule has 1 unspecified atom stereocenters. The number of hydrogen-bond acceptors (Lipinski definition) is 6. The van der Waals surface area contributed by atoms with Gasteiger partial charge in [0.2, 0.25) is 0 Å². The molecule has 0 radical (unpaired) electrons. The smallest absolute Gasteiger partial charge is 0.410 e. The van der Waals surface area contributed by atoms with Crippen LogP contribution in [0.3, 0.4) is 0 Å². The van der Waals surface area contributed by atoms with Crippen LogP contribution in [-0.4, -0.2) is 45.8 Å². The van der Waals surface area contributed by atoms with Crippen LogP contribution >= 0.6 is 22.9 Å². The predicted molar refractivity (Wildman–Crippen MR) is 126 cm³/mol. The molecule has 1 aliphatic heterocycles. The average Bonchev–Trinajstić information content (AvgIpc) is 3.35.